The lowest BCUT2D eigenvalue weighted by Crippen LogP contribution is -2.38. The maximum absolute atomic E-state index is 6.05. The van der Waals surface area contributed by atoms with Crippen LogP contribution in [0, 0.1) is 6.92 Å². The molecule has 0 spiro atoms. The quantitative estimate of drug-likeness (QED) is 0.437. The molecule has 0 atom stereocenters. The van der Waals surface area contributed by atoms with E-state index in [-0.39, 0.29) is 0 Å². The van der Waals surface area contributed by atoms with E-state index in [0.29, 0.717) is 19.0 Å². The number of benzene rings is 1. The van der Waals surface area contributed by atoms with Crippen LogP contribution in [0.25, 0.3) is 0 Å². The van der Waals surface area contributed by atoms with Gasteiger partial charge in [0.05, 0.1) is 26.0 Å². The fourth-order valence-electron chi connectivity index (χ4n) is 3.21. The zero-order chi connectivity index (χ0) is 21.9. The lowest BCUT2D eigenvalue weighted by atomic mass is 10.2. The third-order valence-corrected chi connectivity index (χ3v) is 5.02. The van der Waals surface area contributed by atoms with Gasteiger partial charge in [-0.25, -0.2) is 4.98 Å². The minimum Gasteiger partial charge on any atom is -0.492 e. The summed E-state index contributed by atoms with van der Waals surface area (Å²) in [5, 5.41) is 4.35. The third kappa shape index (κ3) is 7.82. The molecular weight excluding hydrogens is 394 g/mol. The van der Waals surface area contributed by atoms with Crippen LogP contribution < -0.4 is 15.1 Å². The number of hydrazone groups is 1. The van der Waals surface area contributed by atoms with E-state index >= 15 is 0 Å². The molecule has 0 aliphatic carbocycles. The van der Waals surface area contributed by atoms with Gasteiger partial charge < -0.3 is 19.1 Å². The molecule has 0 unspecified atom stereocenters. The molecule has 0 saturated carbocycles. The number of aromatic nitrogens is 1. The van der Waals surface area contributed by atoms with Crippen molar-refractivity contribution in [2.75, 3.05) is 77.1 Å². The van der Waals surface area contributed by atoms with Crippen LogP contribution in [0.4, 0.5) is 11.6 Å². The van der Waals surface area contributed by atoms with Gasteiger partial charge in [0.1, 0.15) is 18.2 Å². The first-order chi connectivity index (χ1) is 15.1. The van der Waals surface area contributed by atoms with E-state index in [1.165, 1.54) is 5.56 Å². The predicted octanol–water partition coefficient (Wildman–Crippen LogP) is 2.63. The van der Waals surface area contributed by atoms with Gasteiger partial charge in [0.2, 0.25) is 0 Å². The molecule has 2 heterocycles. The van der Waals surface area contributed by atoms with Crippen LogP contribution >= 0.6 is 0 Å². The van der Waals surface area contributed by atoms with Crippen molar-refractivity contribution < 1.29 is 14.2 Å². The number of aryl methyl sites for hydroxylation is 1. The second-order valence-electron chi connectivity index (χ2n) is 7.55. The van der Waals surface area contributed by atoms with Crippen LogP contribution in [-0.2, 0) is 9.47 Å². The number of ether oxygens (including phenoxy) is 3. The molecule has 0 bridgehead atoms. The zero-order valence-corrected chi connectivity index (χ0v) is 18.7. The largest absolute Gasteiger partial charge is 0.492 e. The Hall–Kier alpha value is -2.68. The third-order valence-electron chi connectivity index (χ3n) is 5.02. The number of methoxy groups -OCH3 is 1. The number of anilines is 2. The average molecular weight is 428 g/mol. The summed E-state index contributed by atoms with van der Waals surface area (Å²) in [6.45, 7) is 8.36. The lowest BCUT2D eigenvalue weighted by Gasteiger charge is -2.26. The number of nitrogens with zero attached hydrogens (tertiary/aromatic N) is 4. The summed E-state index contributed by atoms with van der Waals surface area (Å²) in [5.74, 6) is 2.19. The van der Waals surface area contributed by atoms with Gasteiger partial charge in [-0.15, -0.1) is 0 Å². The smallest absolute Gasteiger partial charge is 0.152 e. The predicted molar refractivity (Wildman–Crippen MR) is 125 cm³/mol. The van der Waals surface area contributed by atoms with Gasteiger partial charge in [-0.05, 0) is 12.5 Å². The van der Waals surface area contributed by atoms with Gasteiger partial charge in [-0.1, -0.05) is 29.8 Å². The number of nitrogens with one attached hydrogen (secondary N) is 1. The van der Waals surface area contributed by atoms with Crippen molar-refractivity contribution in [3.05, 3.63) is 47.5 Å². The molecule has 1 aliphatic heterocycles. The summed E-state index contributed by atoms with van der Waals surface area (Å²) in [5.41, 5.74) is 5.26. The van der Waals surface area contributed by atoms with E-state index in [1.54, 1.807) is 13.3 Å². The summed E-state index contributed by atoms with van der Waals surface area (Å²) in [7, 11) is 3.68. The molecule has 1 N–H and O–H groups in total. The SMILES string of the molecule is COCCN(C)c1cc(OCCN2CCOCC2)cc(N/N=C/c2cccc(C)c2)n1. The highest BCUT2D eigenvalue weighted by Gasteiger charge is 2.11. The van der Waals surface area contributed by atoms with Crippen LogP contribution in [0.1, 0.15) is 11.1 Å². The maximum Gasteiger partial charge on any atom is 0.152 e. The van der Waals surface area contributed by atoms with Crippen LogP contribution in [0.3, 0.4) is 0 Å². The molecule has 1 aromatic heterocycles. The van der Waals surface area contributed by atoms with Crippen molar-refractivity contribution in [1.82, 2.24) is 9.88 Å². The van der Waals surface area contributed by atoms with Gasteiger partial charge in [0, 0.05) is 52.5 Å². The molecule has 168 valence electrons. The van der Waals surface area contributed by atoms with Gasteiger partial charge in [0.25, 0.3) is 0 Å². The number of rotatable bonds is 11. The van der Waals surface area contributed by atoms with Crippen molar-refractivity contribution in [2.45, 2.75) is 6.92 Å². The molecule has 3 rings (SSSR count). The van der Waals surface area contributed by atoms with Crippen LogP contribution in [-0.4, -0.2) is 82.9 Å². The highest BCUT2D eigenvalue weighted by atomic mass is 16.5. The molecular formula is C23H33N5O3. The zero-order valence-electron chi connectivity index (χ0n) is 18.7. The van der Waals surface area contributed by atoms with Crippen LogP contribution in [0.2, 0.25) is 0 Å². The van der Waals surface area contributed by atoms with Gasteiger partial charge in [-0.3, -0.25) is 10.3 Å². The van der Waals surface area contributed by atoms with E-state index in [2.05, 4.69) is 39.5 Å². The van der Waals surface area contributed by atoms with Crippen LogP contribution in [0.15, 0.2) is 41.5 Å². The summed E-state index contributed by atoms with van der Waals surface area (Å²) < 4.78 is 16.6. The Morgan fingerprint density at radius 1 is 1.23 bits per heavy atom. The van der Waals surface area contributed by atoms with E-state index in [4.69, 9.17) is 14.2 Å². The minimum atomic E-state index is 0.608. The molecule has 31 heavy (non-hydrogen) atoms. The average Bonchev–Trinajstić information content (AvgIpc) is 2.78. The highest BCUT2D eigenvalue weighted by Crippen LogP contribution is 2.23. The monoisotopic (exact) mass is 427 g/mol. The summed E-state index contributed by atoms with van der Waals surface area (Å²) in [6.07, 6.45) is 1.79. The number of likely N-dealkylation sites (N-methyl/N-ethyl adjacent to an activating group) is 1. The Balaban J connectivity index is 1.66. The molecule has 1 saturated heterocycles. The maximum atomic E-state index is 6.05. The summed E-state index contributed by atoms with van der Waals surface area (Å²) in [6, 6.07) is 12.0. The topological polar surface area (TPSA) is 71.5 Å². The first kappa shape index (κ1) is 23.0. The Morgan fingerprint density at radius 3 is 2.84 bits per heavy atom. The van der Waals surface area contributed by atoms with Crippen LogP contribution in [0.5, 0.6) is 5.75 Å². The summed E-state index contributed by atoms with van der Waals surface area (Å²) >= 11 is 0. The van der Waals surface area contributed by atoms with Crippen molar-refractivity contribution >= 4 is 17.9 Å². The van der Waals surface area contributed by atoms with Crippen molar-refractivity contribution in [1.29, 1.82) is 0 Å². The Labute approximate surface area is 184 Å². The highest BCUT2D eigenvalue weighted by molar-refractivity contribution is 5.80. The van der Waals surface area contributed by atoms with E-state index in [0.717, 1.165) is 56.5 Å². The number of morpholine rings is 1. The first-order valence-corrected chi connectivity index (χ1v) is 10.6. The molecule has 0 amide bonds. The van der Waals surface area contributed by atoms with E-state index in [9.17, 15) is 0 Å². The molecule has 1 aromatic carbocycles. The molecule has 1 aliphatic rings. The number of pyridine rings is 1. The molecule has 0 radical (unpaired) electrons. The minimum absolute atomic E-state index is 0.608. The Bertz CT molecular complexity index is 840. The fourth-order valence-corrected chi connectivity index (χ4v) is 3.21. The van der Waals surface area contributed by atoms with Crippen molar-refractivity contribution in [2.24, 2.45) is 5.10 Å². The van der Waals surface area contributed by atoms with Gasteiger partial charge in [-0.2, -0.15) is 5.10 Å². The fraction of sp³-hybridized carbons (Fsp3) is 0.478. The number of hydrogen-bond donors (Lipinski definition) is 1. The van der Waals surface area contributed by atoms with E-state index < -0.39 is 0 Å². The molecule has 2 aromatic rings. The second-order valence-corrected chi connectivity index (χ2v) is 7.55. The van der Waals surface area contributed by atoms with Gasteiger partial charge >= 0.3 is 0 Å². The van der Waals surface area contributed by atoms with Gasteiger partial charge in [0.15, 0.2) is 5.82 Å². The number of hydrogen-bond acceptors (Lipinski definition) is 8. The molecule has 1 fully saturated rings. The first-order valence-electron chi connectivity index (χ1n) is 10.6. The molecule has 8 nitrogen and oxygen atoms in total. The standard InChI is InChI=1S/C23H33N5O3/c1-19-5-4-6-20(15-19)18-24-26-22-16-21(17-23(25-22)27(2)7-11-29-3)31-14-10-28-8-12-30-13-9-28/h4-6,15-18H,7-14H2,1-3H3,(H,25,26)/b24-18+. The summed E-state index contributed by atoms with van der Waals surface area (Å²) in [4.78, 5) is 9.06. The van der Waals surface area contributed by atoms with Crippen molar-refractivity contribution in [3.63, 3.8) is 0 Å². The van der Waals surface area contributed by atoms with E-state index in [1.807, 2.05) is 36.2 Å². The molecule has 8 heteroatoms. The Kier molecular flexibility index (Phi) is 9.08. The lowest BCUT2D eigenvalue weighted by molar-refractivity contribution is 0.0322. The Morgan fingerprint density at radius 2 is 2.06 bits per heavy atom. The van der Waals surface area contributed by atoms with Crippen molar-refractivity contribution in [3.8, 4) is 5.75 Å². The normalized spacial score (nSPS) is 14.7. The second kappa shape index (κ2) is 12.2.